The molecule has 1 aromatic carbocycles. The van der Waals surface area contributed by atoms with Crippen LogP contribution in [0, 0.1) is 0 Å². The fourth-order valence-electron chi connectivity index (χ4n) is 1.96. The summed E-state index contributed by atoms with van der Waals surface area (Å²) in [5.74, 6) is -0.631. The summed E-state index contributed by atoms with van der Waals surface area (Å²) in [6, 6.07) is 13.2. The zero-order valence-corrected chi connectivity index (χ0v) is 11.8. The Kier molecular flexibility index (Phi) is 4.58. The number of pyridine rings is 1. The number of halogens is 1. The van der Waals surface area contributed by atoms with E-state index in [0.717, 1.165) is 12.0 Å². The van der Waals surface area contributed by atoms with Gasteiger partial charge in [0.05, 0.1) is 11.1 Å². The third-order valence-corrected chi connectivity index (χ3v) is 3.29. The molecule has 0 fully saturated rings. The van der Waals surface area contributed by atoms with Crippen LogP contribution in [0.5, 0.6) is 0 Å². The monoisotopic (exact) mass is 290 g/mol. The number of carboxylic acids is 1. The number of benzene rings is 1. The fraction of sp³-hybridized carbons (Fsp3) is 0.200. The highest BCUT2D eigenvalue weighted by Crippen LogP contribution is 2.23. The first kappa shape index (κ1) is 14.3. The maximum absolute atomic E-state index is 11.0. The number of rotatable bonds is 5. The molecule has 0 spiro atoms. The Morgan fingerprint density at radius 2 is 2.00 bits per heavy atom. The van der Waals surface area contributed by atoms with E-state index in [9.17, 15) is 4.79 Å². The van der Waals surface area contributed by atoms with Crippen LogP contribution < -0.4 is 5.32 Å². The van der Waals surface area contributed by atoms with Crippen molar-refractivity contribution in [2.45, 2.75) is 19.4 Å². The minimum absolute atomic E-state index is 0.0755. The molecule has 1 aromatic heterocycles. The molecular formula is C15H15ClN2O2. The molecule has 20 heavy (non-hydrogen) atoms. The van der Waals surface area contributed by atoms with E-state index in [2.05, 4.69) is 17.2 Å². The van der Waals surface area contributed by atoms with Crippen molar-refractivity contribution in [1.82, 2.24) is 4.98 Å². The number of nitrogens with one attached hydrogen (secondary N) is 1. The number of carboxylic acid groups (broad SMARTS) is 1. The molecular weight excluding hydrogens is 276 g/mol. The summed E-state index contributed by atoms with van der Waals surface area (Å²) < 4.78 is 0. The number of aromatic carboxylic acids is 1. The third-order valence-electron chi connectivity index (χ3n) is 2.98. The molecule has 2 N–H and O–H groups in total. The topological polar surface area (TPSA) is 62.2 Å². The lowest BCUT2D eigenvalue weighted by atomic mass is 10.0. The first-order chi connectivity index (χ1) is 9.61. The van der Waals surface area contributed by atoms with Crippen LogP contribution >= 0.6 is 11.6 Å². The highest BCUT2D eigenvalue weighted by molar-refractivity contribution is 6.33. The molecule has 104 valence electrons. The number of hydrogen-bond donors (Lipinski definition) is 2. The minimum Gasteiger partial charge on any atom is -0.476 e. The van der Waals surface area contributed by atoms with E-state index in [1.165, 1.54) is 6.07 Å². The molecule has 1 atom stereocenters. The van der Waals surface area contributed by atoms with Crippen LogP contribution in [0.15, 0.2) is 42.5 Å². The predicted molar refractivity (Wildman–Crippen MR) is 79.3 cm³/mol. The number of carbonyl (C=O) groups is 1. The van der Waals surface area contributed by atoms with Gasteiger partial charge in [0.1, 0.15) is 5.82 Å². The Bertz CT molecular complexity index is 602. The second kappa shape index (κ2) is 6.39. The molecule has 2 rings (SSSR count). The summed E-state index contributed by atoms with van der Waals surface area (Å²) in [6.07, 6.45) is 0.858. The molecule has 0 aliphatic heterocycles. The normalized spacial score (nSPS) is 11.9. The van der Waals surface area contributed by atoms with Crippen molar-refractivity contribution in [2.24, 2.45) is 0 Å². The molecule has 4 nitrogen and oxygen atoms in total. The molecule has 0 bridgehead atoms. The summed E-state index contributed by atoms with van der Waals surface area (Å²) >= 11 is 5.81. The van der Waals surface area contributed by atoms with Crippen molar-refractivity contribution in [2.75, 3.05) is 5.32 Å². The maximum Gasteiger partial charge on any atom is 0.356 e. The summed E-state index contributed by atoms with van der Waals surface area (Å²) in [4.78, 5) is 15.1. The van der Waals surface area contributed by atoms with E-state index in [1.54, 1.807) is 6.07 Å². The van der Waals surface area contributed by atoms with Gasteiger partial charge in [-0.05, 0) is 24.1 Å². The largest absolute Gasteiger partial charge is 0.476 e. The molecule has 0 amide bonds. The zero-order valence-electron chi connectivity index (χ0n) is 11.0. The molecule has 0 radical (unpaired) electrons. The summed E-state index contributed by atoms with van der Waals surface area (Å²) in [5.41, 5.74) is 0.989. The van der Waals surface area contributed by atoms with Crippen molar-refractivity contribution in [3.8, 4) is 0 Å². The van der Waals surface area contributed by atoms with Gasteiger partial charge in [-0.2, -0.15) is 0 Å². The summed E-state index contributed by atoms with van der Waals surface area (Å²) in [5, 5.41) is 12.4. The number of nitrogens with zero attached hydrogens (tertiary/aromatic N) is 1. The molecule has 0 saturated carbocycles. The van der Waals surface area contributed by atoms with Gasteiger partial charge in [0.15, 0.2) is 5.69 Å². The average molecular weight is 291 g/mol. The highest BCUT2D eigenvalue weighted by Gasteiger charge is 2.14. The molecule has 0 saturated heterocycles. The quantitative estimate of drug-likeness (QED) is 0.874. The standard InChI is InChI=1S/C15H15ClN2O2/c1-2-12(10-6-4-3-5-7-10)17-13-9-8-11(16)14(18-13)15(19)20/h3-9,12H,2H2,1H3,(H,17,18)(H,19,20). The van der Waals surface area contributed by atoms with Gasteiger partial charge in [-0.25, -0.2) is 9.78 Å². The molecule has 1 heterocycles. The molecule has 1 unspecified atom stereocenters. The van der Waals surface area contributed by atoms with Crippen LogP contribution in [0.25, 0.3) is 0 Å². The van der Waals surface area contributed by atoms with E-state index in [4.69, 9.17) is 16.7 Å². The van der Waals surface area contributed by atoms with E-state index >= 15 is 0 Å². The lowest BCUT2D eigenvalue weighted by Gasteiger charge is -2.18. The summed E-state index contributed by atoms with van der Waals surface area (Å²) in [7, 11) is 0. The van der Waals surface area contributed by atoms with E-state index < -0.39 is 5.97 Å². The van der Waals surface area contributed by atoms with Crippen LogP contribution in [0.1, 0.15) is 35.4 Å². The minimum atomic E-state index is -1.13. The third kappa shape index (κ3) is 3.27. The summed E-state index contributed by atoms with van der Waals surface area (Å²) in [6.45, 7) is 2.05. The van der Waals surface area contributed by atoms with E-state index in [0.29, 0.717) is 5.82 Å². The second-order valence-corrected chi connectivity index (χ2v) is 4.76. The van der Waals surface area contributed by atoms with Gasteiger partial charge in [-0.1, -0.05) is 48.9 Å². The molecule has 0 aliphatic rings. The molecule has 0 aliphatic carbocycles. The van der Waals surface area contributed by atoms with Gasteiger partial charge in [-0.15, -0.1) is 0 Å². The van der Waals surface area contributed by atoms with Crippen LogP contribution in [0.4, 0.5) is 5.82 Å². The van der Waals surface area contributed by atoms with E-state index in [1.807, 2.05) is 30.3 Å². The lowest BCUT2D eigenvalue weighted by molar-refractivity contribution is 0.0691. The smallest absolute Gasteiger partial charge is 0.356 e. The Morgan fingerprint density at radius 1 is 1.30 bits per heavy atom. The molecule has 2 aromatic rings. The zero-order chi connectivity index (χ0) is 14.5. The van der Waals surface area contributed by atoms with Gasteiger partial charge in [0.2, 0.25) is 0 Å². The van der Waals surface area contributed by atoms with Gasteiger partial charge < -0.3 is 10.4 Å². The van der Waals surface area contributed by atoms with Crippen LogP contribution in [-0.4, -0.2) is 16.1 Å². The van der Waals surface area contributed by atoms with Crippen molar-refractivity contribution < 1.29 is 9.90 Å². The van der Waals surface area contributed by atoms with Crippen molar-refractivity contribution in [3.63, 3.8) is 0 Å². The fourth-order valence-corrected chi connectivity index (χ4v) is 2.14. The maximum atomic E-state index is 11.0. The van der Waals surface area contributed by atoms with Gasteiger partial charge in [-0.3, -0.25) is 0 Å². The van der Waals surface area contributed by atoms with Crippen LogP contribution in [-0.2, 0) is 0 Å². The first-order valence-corrected chi connectivity index (χ1v) is 6.71. The van der Waals surface area contributed by atoms with Gasteiger partial charge in [0, 0.05) is 0 Å². The average Bonchev–Trinajstić information content (AvgIpc) is 2.47. The van der Waals surface area contributed by atoms with Gasteiger partial charge >= 0.3 is 5.97 Å². The van der Waals surface area contributed by atoms with Crippen molar-refractivity contribution in [3.05, 3.63) is 58.7 Å². The lowest BCUT2D eigenvalue weighted by Crippen LogP contribution is -2.12. The second-order valence-electron chi connectivity index (χ2n) is 4.35. The first-order valence-electron chi connectivity index (χ1n) is 6.33. The number of anilines is 1. The van der Waals surface area contributed by atoms with Gasteiger partial charge in [0.25, 0.3) is 0 Å². The SMILES string of the molecule is CCC(Nc1ccc(Cl)c(C(=O)O)n1)c1ccccc1. The van der Waals surface area contributed by atoms with Crippen molar-refractivity contribution in [1.29, 1.82) is 0 Å². The Hall–Kier alpha value is -2.07. The van der Waals surface area contributed by atoms with Crippen molar-refractivity contribution >= 4 is 23.4 Å². The predicted octanol–water partition coefficient (Wildman–Crippen LogP) is 4.00. The van der Waals surface area contributed by atoms with Crippen LogP contribution in [0.2, 0.25) is 5.02 Å². The van der Waals surface area contributed by atoms with Crippen LogP contribution in [0.3, 0.4) is 0 Å². The molecule has 5 heteroatoms. The number of aromatic nitrogens is 1. The number of hydrogen-bond acceptors (Lipinski definition) is 3. The Labute approximate surface area is 122 Å². The van der Waals surface area contributed by atoms with E-state index in [-0.39, 0.29) is 16.8 Å². The highest BCUT2D eigenvalue weighted by atomic mass is 35.5. The Balaban J connectivity index is 2.24. The Morgan fingerprint density at radius 3 is 2.60 bits per heavy atom.